The maximum absolute atomic E-state index is 12.6. The number of fused-ring (bicyclic) bond motifs is 1. The topological polar surface area (TPSA) is 76.7 Å². The number of anilines is 2. The lowest BCUT2D eigenvalue weighted by Crippen LogP contribution is -2.14. The fourth-order valence-electron chi connectivity index (χ4n) is 3.43. The first-order valence-corrected chi connectivity index (χ1v) is 11.6. The van der Waals surface area contributed by atoms with E-state index in [0.29, 0.717) is 22.7 Å². The van der Waals surface area contributed by atoms with Gasteiger partial charge in [0.1, 0.15) is 0 Å². The summed E-state index contributed by atoms with van der Waals surface area (Å²) >= 11 is 1.43. The number of hydrogen-bond donors (Lipinski definition) is 2. The summed E-state index contributed by atoms with van der Waals surface area (Å²) in [5, 5.41) is 8.02. The Balaban J connectivity index is 1.31. The van der Waals surface area contributed by atoms with E-state index >= 15 is 0 Å². The van der Waals surface area contributed by atoms with Crippen LogP contribution in [0.1, 0.15) is 10.4 Å². The number of hydrogen-bond acceptors (Lipinski definition) is 5. The molecule has 0 radical (unpaired) electrons. The van der Waals surface area contributed by atoms with Crippen molar-refractivity contribution >= 4 is 45.7 Å². The Labute approximate surface area is 202 Å². The molecule has 0 bridgehead atoms. The Morgan fingerprint density at radius 3 is 2.18 bits per heavy atom. The SMILES string of the molecule is COc1ccc(C(=O)Nc2ccc(SCC(=O)Nc3ccc4ccccc4c3)cc2)cc1OC. The third-order valence-electron chi connectivity index (χ3n) is 5.16. The van der Waals surface area contributed by atoms with Crippen molar-refractivity contribution in [1.29, 1.82) is 0 Å². The number of benzene rings is 4. The predicted octanol–water partition coefficient (Wildman–Crippen LogP) is 5.84. The molecule has 0 spiro atoms. The van der Waals surface area contributed by atoms with E-state index in [1.54, 1.807) is 25.3 Å². The Bertz CT molecular complexity index is 1320. The summed E-state index contributed by atoms with van der Waals surface area (Å²) in [6.07, 6.45) is 0. The van der Waals surface area contributed by atoms with Crippen LogP contribution >= 0.6 is 11.8 Å². The minimum absolute atomic E-state index is 0.0777. The molecule has 0 fully saturated rings. The average Bonchev–Trinajstić information content (AvgIpc) is 2.87. The second kappa shape index (κ2) is 10.8. The van der Waals surface area contributed by atoms with Crippen LogP contribution < -0.4 is 20.1 Å². The molecule has 0 saturated heterocycles. The van der Waals surface area contributed by atoms with Crippen molar-refractivity contribution in [2.45, 2.75) is 4.90 Å². The number of thioether (sulfide) groups is 1. The van der Waals surface area contributed by atoms with E-state index in [1.165, 1.54) is 18.9 Å². The van der Waals surface area contributed by atoms with E-state index in [9.17, 15) is 9.59 Å². The third kappa shape index (κ3) is 5.68. The Kier molecular flexibility index (Phi) is 7.34. The van der Waals surface area contributed by atoms with Crippen LogP contribution in [0.5, 0.6) is 11.5 Å². The third-order valence-corrected chi connectivity index (χ3v) is 6.17. The fourth-order valence-corrected chi connectivity index (χ4v) is 4.13. The molecule has 0 saturated carbocycles. The second-order valence-electron chi connectivity index (χ2n) is 7.45. The predicted molar refractivity (Wildman–Crippen MR) is 137 cm³/mol. The van der Waals surface area contributed by atoms with Gasteiger partial charge in [0.15, 0.2) is 11.5 Å². The highest BCUT2D eigenvalue weighted by molar-refractivity contribution is 8.00. The number of ether oxygens (including phenoxy) is 2. The molecule has 172 valence electrons. The molecule has 6 nitrogen and oxygen atoms in total. The minimum Gasteiger partial charge on any atom is -0.493 e. The largest absolute Gasteiger partial charge is 0.493 e. The molecule has 0 atom stereocenters. The van der Waals surface area contributed by atoms with Crippen LogP contribution in [0.15, 0.2) is 89.8 Å². The first kappa shape index (κ1) is 23.2. The number of methoxy groups -OCH3 is 2. The maximum Gasteiger partial charge on any atom is 0.255 e. The highest BCUT2D eigenvalue weighted by Gasteiger charge is 2.11. The zero-order chi connectivity index (χ0) is 23.9. The smallest absolute Gasteiger partial charge is 0.255 e. The van der Waals surface area contributed by atoms with Gasteiger partial charge in [0.2, 0.25) is 5.91 Å². The molecular formula is C27H24N2O4S. The molecule has 34 heavy (non-hydrogen) atoms. The summed E-state index contributed by atoms with van der Waals surface area (Å²) < 4.78 is 10.5. The lowest BCUT2D eigenvalue weighted by molar-refractivity contribution is -0.113. The van der Waals surface area contributed by atoms with Gasteiger partial charge in [0.25, 0.3) is 5.91 Å². The van der Waals surface area contributed by atoms with E-state index in [0.717, 1.165) is 21.4 Å². The summed E-state index contributed by atoms with van der Waals surface area (Å²) in [6.45, 7) is 0. The van der Waals surface area contributed by atoms with Gasteiger partial charge in [0, 0.05) is 21.8 Å². The van der Waals surface area contributed by atoms with Crippen LogP contribution in [0.25, 0.3) is 10.8 Å². The lowest BCUT2D eigenvalue weighted by Gasteiger charge is -2.10. The van der Waals surface area contributed by atoms with Gasteiger partial charge in [-0.05, 0) is 65.4 Å². The molecule has 0 heterocycles. The molecule has 0 aromatic heterocycles. The van der Waals surface area contributed by atoms with Gasteiger partial charge in [-0.15, -0.1) is 11.8 Å². The number of carbonyl (C=O) groups is 2. The Hall–Kier alpha value is -3.97. The minimum atomic E-state index is -0.254. The van der Waals surface area contributed by atoms with Crippen molar-refractivity contribution in [2.75, 3.05) is 30.6 Å². The van der Waals surface area contributed by atoms with Gasteiger partial charge in [-0.3, -0.25) is 9.59 Å². The van der Waals surface area contributed by atoms with Crippen molar-refractivity contribution in [3.05, 3.63) is 90.5 Å². The molecule has 0 aliphatic carbocycles. The molecule has 0 unspecified atom stereocenters. The summed E-state index contributed by atoms with van der Waals surface area (Å²) in [4.78, 5) is 25.9. The number of rotatable bonds is 8. The lowest BCUT2D eigenvalue weighted by atomic mass is 10.1. The summed E-state index contributed by atoms with van der Waals surface area (Å²) in [6, 6.07) is 26.2. The van der Waals surface area contributed by atoms with Crippen LogP contribution in [0, 0.1) is 0 Å². The van der Waals surface area contributed by atoms with Gasteiger partial charge < -0.3 is 20.1 Å². The van der Waals surface area contributed by atoms with Gasteiger partial charge in [-0.2, -0.15) is 0 Å². The quantitative estimate of drug-likeness (QED) is 0.315. The zero-order valence-electron chi connectivity index (χ0n) is 18.8. The molecule has 0 aliphatic rings. The summed E-state index contributed by atoms with van der Waals surface area (Å²) in [7, 11) is 3.07. The number of nitrogens with one attached hydrogen (secondary N) is 2. The highest BCUT2D eigenvalue weighted by atomic mass is 32.2. The fraction of sp³-hybridized carbons (Fsp3) is 0.111. The molecule has 2 amide bonds. The van der Waals surface area contributed by atoms with Crippen molar-refractivity contribution in [2.24, 2.45) is 0 Å². The molecular weight excluding hydrogens is 448 g/mol. The molecule has 4 aromatic rings. The van der Waals surface area contributed by atoms with E-state index in [4.69, 9.17) is 9.47 Å². The molecule has 4 aromatic carbocycles. The van der Waals surface area contributed by atoms with Crippen LogP contribution in [0.2, 0.25) is 0 Å². The average molecular weight is 473 g/mol. The van der Waals surface area contributed by atoms with Gasteiger partial charge in [-0.1, -0.05) is 30.3 Å². The highest BCUT2D eigenvalue weighted by Crippen LogP contribution is 2.28. The first-order chi connectivity index (χ1) is 16.6. The second-order valence-corrected chi connectivity index (χ2v) is 8.50. The van der Waals surface area contributed by atoms with Crippen molar-refractivity contribution in [3.8, 4) is 11.5 Å². The number of carbonyl (C=O) groups excluding carboxylic acids is 2. The van der Waals surface area contributed by atoms with Crippen molar-refractivity contribution < 1.29 is 19.1 Å². The van der Waals surface area contributed by atoms with Crippen LogP contribution in [-0.2, 0) is 4.79 Å². The van der Waals surface area contributed by atoms with E-state index in [1.807, 2.05) is 66.7 Å². The Morgan fingerprint density at radius 2 is 1.44 bits per heavy atom. The first-order valence-electron chi connectivity index (χ1n) is 10.6. The molecule has 7 heteroatoms. The standard InChI is InChI=1S/C27H24N2O4S/c1-32-24-14-8-20(16-25(24)33-2)27(31)29-21-10-12-23(13-11-21)34-17-26(30)28-22-9-7-18-5-3-4-6-19(18)15-22/h3-16H,17H2,1-2H3,(H,28,30)(H,29,31). The van der Waals surface area contributed by atoms with Crippen molar-refractivity contribution in [1.82, 2.24) is 0 Å². The van der Waals surface area contributed by atoms with Gasteiger partial charge in [-0.25, -0.2) is 0 Å². The molecule has 4 rings (SSSR count). The van der Waals surface area contributed by atoms with E-state index in [-0.39, 0.29) is 17.6 Å². The molecule has 2 N–H and O–H groups in total. The summed E-state index contributed by atoms with van der Waals surface area (Å²) in [5.74, 6) is 1.00. The summed E-state index contributed by atoms with van der Waals surface area (Å²) in [5.41, 5.74) is 1.89. The zero-order valence-corrected chi connectivity index (χ0v) is 19.6. The van der Waals surface area contributed by atoms with Crippen LogP contribution in [-0.4, -0.2) is 31.8 Å². The molecule has 0 aliphatic heterocycles. The van der Waals surface area contributed by atoms with Gasteiger partial charge in [0.05, 0.1) is 20.0 Å². The van der Waals surface area contributed by atoms with E-state index < -0.39 is 0 Å². The number of amides is 2. The van der Waals surface area contributed by atoms with Crippen molar-refractivity contribution in [3.63, 3.8) is 0 Å². The van der Waals surface area contributed by atoms with E-state index in [2.05, 4.69) is 10.6 Å². The van der Waals surface area contributed by atoms with Crippen LogP contribution in [0.3, 0.4) is 0 Å². The monoisotopic (exact) mass is 472 g/mol. The Morgan fingerprint density at radius 1 is 0.735 bits per heavy atom. The normalized spacial score (nSPS) is 10.5. The maximum atomic E-state index is 12.6. The van der Waals surface area contributed by atoms with Gasteiger partial charge >= 0.3 is 0 Å². The van der Waals surface area contributed by atoms with Crippen LogP contribution in [0.4, 0.5) is 11.4 Å².